The first kappa shape index (κ1) is 21.5. The summed E-state index contributed by atoms with van der Waals surface area (Å²) < 4.78 is 13.2. The van der Waals surface area contributed by atoms with Gasteiger partial charge in [0.1, 0.15) is 12.3 Å². The summed E-state index contributed by atoms with van der Waals surface area (Å²) in [5, 5.41) is 11.5. The first-order chi connectivity index (χ1) is 12.8. The Hall–Kier alpha value is -1.82. The summed E-state index contributed by atoms with van der Waals surface area (Å²) in [7, 11) is 1.52. The van der Waals surface area contributed by atoms with Gasteiger partial charge in [-0.1, -0.05) is 12.1 Å². The maximum Gasteiger partial charge on any atom is 0.352 e. The van der Waals surface area contributed by atoms with Crippen molar-refractivity contribution in [3.63, 3.8) is 0 Å². The number of rotatable bonds is 7. The molecule has 2 aromatic carbocycles. The number of methoxy groups -OCH3 is 1. The van der Waals surface area contributed by atoms with Gasteiger partial charge in [-0.05, 0) is 86.7 Å². The number of benzene rings is 2. The molecule has 27 heavy (non-hydrogen) atoms. The van der Waals surface area contributed by atoms with Gasteiger partial charge in [0.2, 0.25) is 5.91 Å². The van der Waals surface area contributed by atoms with Crippen molar-refractivity contribution < 1.29 is 24.2 Å². The zero-order chi connectivity index (χ0) is 20.0. The van der Waals surface area contributed by atoms with Crippen molar-refractivity contribution in [1.29, 1.82) is 0 Å². The van der Waals surface area contributed by atoms with E-state index in [9.17, 15) is 14.7 Å². The molecule has 0 radical (unpaired) electrons. The average molecular weight is 593 g/mol. The summed E-state index contributed by atoms with van der Waals surface area (Å²) in [6, 6.07) is 11.4. The topological polar surface area (TPSA) is 84.9 Å². The number of nitrogens with one attached hydrogen (secondary N) is 1. The SMILES string of the molecule is COc1cc(C=C(NC(C)=O)C(=O)O)cc(I)c1OCc1ccc(I)cc1. The first-order valence-corrected chi connectivity index (χ1v) is 9.93. The summed E-state index contributed by atoms with van der Waals surface area (Å²) in [6.07, 6.45) is 1.37. The molecule has 1 amide bonds. The van der Waals surface area contributed by atoms with Crippen LogP contribution in [-0.4, -0.2) is 24.1 Å². The number of halogens is 2. The number of amides is 1. The van der Waals surface area contributed by atoms with E-state index in [0.717, 1.165) is 12.7 Å². The highest BCUT2D eigenvalue weighted by atomic mass is 127. The molecule has 2 aromatic rings. The van der Waals surface area contributed by atoms with Crippen LogP contribution < -0.4 is 14.8 Å². The van der Waals surface area contributed by atoms with Gasteiger partial charge in [-0.2, -0.15) is 0 Å². The van der Waals surface area contributed by atoms with Gasteiger partial charge in [0.05, 0.1) is 10.7 Å². The fourth-order valence-electron chi connectivity index (χ4n) is 2.21. The van der Waals surface area contributed by atoms with E-state index in [4.69, 9.17) is 9.47 Å². The molecule has 0 saturated heterocycles. The van der Waals surface area contributed by atoms with Gasteiger partial charge in [0, 0.05) is 10.5 Å². The summed E-state index contributed by atoms with van der Waals surface area (Å²) in [4.78, 5) is 22.5. The van der Waals surface area contributed by atoms with Crippen molar-refractivity contribution in [1.82, 2.24) is 5.32 Å². The molecule has 0 bridgehead atoms. The molecule has 0 fully saturated rings. The molecule has 142 valence electrons. The Morgan fingerprint density at radius 3 is 2.41 bits per heavy atom. The summed E-state index contributed by atoms with van der Waals surface area (Å²) >= 11 is 4.34. The van der Waals surface area contributed by atoms with Crippen LogP contribution in [0, 0.1) is 7.14 Å². The fourth-order valence-corrected chi connectivity index (χ4v) is 3.35. The predicted molar refractivity (Wildman–Crippen MR) is 119 cm³/mol. The number of aliphatic carboxylic acids is 1. The van der Waals surface area contributed by atoms with Crippen molar-refractivity contribution in [2.45, 2.75) is 13.5 Å². The summed E-state index contributed by atoms with van der Waals surface area (Å²) in [5.74, 6) is -0.627. The van der Waals surface area contributed by atoms with Crippen LogP contribution in [0.4, 0.5) is 0 Å². The van der Waals surface area contributed by atoms with Gasteiger partial charge >= 0.3 is 5.97 Å². The molecule has 0 spiro atoms. The lowest BCUT2D eigenvalue weighted by Gasteiger charge is -2.14. The van der Waals surface area contributed by atoms with E-state index < -0.39 is 11.9 Å². The van der Waals surface area contributed by atoms with Gasteiger partial charge in [-0.3, -0.25) is 4.79 Å². The molecule has 6 nitrogen and oxygen atoms in total. The molecule has 0 heterocycles. The molecule has 0 aromatic heterocycles. The molecular weight excluding hydrogens is 576 g/mol. The molecule has 0 saturated carbocycles. The molecular formula is C19H17I2NO5. The third-order valence-corrected chi connectivity index (χ3v) is 4.92. The minimum atomic E-state index is -1.22. The highest BCUT2D eigenvalue weighted by molar-refractivity contribution is 14.1. The van der Waals surface area contributed by atoms with E-state index in [1.54, 1.807) is 12.1 Å². The third kappa shape index (κ3) is 6.38. The highest BCUT2D eigenvalue weighted by Gasteiger charge is 2.14. The Balaban J connectivity index is 2.29. The standard InChI is InChI=1S/C19H17I2NO5/c1-11(23)22-16(19(24)25)8-13-7-15(21)18(17(9-13)26-2)27-10-12-3-5-14(20)6-4-12/h3-9H,10H2,1-2H3,(H,22,23)(H,24,25). The third-order valence-electron chi connectivity index (χ3n) is 3.40. The Kier molecular flexibility index (Phi) is 7.90. The number of hydrogen-bond donors (Lipinski definition) is 2. The number of carbonyl (C=O) groups excluding carboxylic acids is 1. The smallest absolute Gasteiger partial charge is 0.352 e. The fraction of sp³-hybridized carbons (Fsp3) is 0.158. The molecule has 0 atom stereocenters. The van der Waals surface area contributed by atoms with E-state index in [1.165, 1.54) is 20.1 Å². The Bertz CT molecular complexity index is 878. The zero-order valence-corrected chi connectivity index (χ0v) is 18.9. The summed E-state index contributed by atoms with van der Waals surface area (Å²) in [5.41, 5.74) is 1.38. The second kappa shape index (κ2) is 9.93. The monoisotopic (exact) mass is 593 g/mol. The molecule has 2 N–H and O–H groups in total. The maximum atomic E-state index is 11.3. The number of carbonyl (C=O) groups is 2. The summed E-state index contributed by atoms with van der Waals surface area (Å²) in [6.45, 7) is 1.63. The number of carboxylic acid groups (broad SMARTS) is 1. The van der Waals surface area contributed by atoms with Crippen molar-refractivity contribution in [3.05, 3.63) is 60.4 Å². The lowest BCUT2D eigenvalue weighted by Crippen LogP contribution is -2.24. The van der Waals surface area contributed by atoms with Crippen molar-refractivity contribution in [2.75, 3.05) is 7.11 Å². The van der Waals surface area contributed by atoms with Crippen LogP contribution >= 0.6 is 45.2 Å². The number of hydrogen-bond acceptors (Lipinski definition) is 4. The molecule has 2 rings (SSSR count). The van der Waals surface area contributed by atoms with Gasteiger partial charge < -0.3 is 19.9 Å². The normalized spacial score (nSPS) is 11.0. The van der Waals surface area contributed by atoms with E-state index in [1.807, 2.05) is 24.3 Å². The van der Waals surface area contributed by atoms with Crippen LogP contribution in [0.5, 0.6) is 11.5 Å². The van der Waals surface area contributed by atoms with Crippen LogP contribution in [0.15, 0.2) is 42.1 Å². The lowest BCUT2D eigenvalue weighted by atomic mass is 10.1. The molecule has 0 aliphatic carbocycles. The largest absolute Gasteiger partial charge is 0.493 e. The number of carboxylic acids is 1. The Morgan fingerprint density at radius 1 is 1.19 bits per heavy atom. The van der Waals surface area contributed by atoms with E-state index in [-0.39, 0.29) is 5.70 Å². The Morgan fingerprint density at radius 2 is 1.85 bits per heavy atom. The van der Waals surface area contributed by atoms with Gasteiger partial charge in [0.15, 0.2) is 11.5 Å². The minimum absolute atomic E-state index is 0.215. The van der Waals surface area contributed by atoms with Crippen LogP contribution in [-0.2, 0) is 16.2 Å². The second-order valence-electron chi connectivity index (χ2n) is 5.49. The molecule has 0 aliphatic rings. The molecule has 0 unspecified atom stereocenters. The zero-order valence-electron chi connectivity index (χ0n) is 14.6. The Labute approximate surface area is 184 Å². The minimum Gasteiger partial charge on any atom is -0.493 e. The van der Waals surface area contributed by atoms with Crippen LogP contribution in [0.2, 0.25) is 0 Å². The van der Waals surface area contributed by atoms with E-state index in [0.29, 0.717) is 23.7 Å². The molecule has 0 aliphatic heterocycles. The number of ether oxygens (including phenoxy) is 2. The van der Waals surface area contributed by atoms with Crippen LogP contribution in [0.3, 0.4) is 0 Å². The quantitative estimate of drug-likeness (QED) is 0.374. The highest BCUT2D eigenvalue weighted by Crippen LogP contribution is 2.35. The van der Waals surface area contributed by atoms with E-state index >= 15 is 0 Å². The van der Waals surface area contributed by atoms with Crippen molar-refractivity contribution in [3.8, 4) is 11.5 Å². The van der Waals surface area contributed by atoms with Gasteiger partial charge in [-0.25, -0.2) is 4.79 Å². The maximum absolute atomic E-state index is 11.3. The van der Waals surface area contributed by atoms with Gasteiger partial charge in [-0.15, -0.1) is 0 Å². The first-order valence-electron chi connectivity index (χ1n) is 7.77. The molecule has 8 heteroatoms. The van der Waals surface area contributed by atoms with E-state index in [2.05, 4.69) is 50.5 Å². The average Bonchev–Trinajstić information content (AvgIpc) is 2.60. The van der Waals surface area contributed by atoms with Crippen molar-refractivity contribution in [2.24, 2.45) is 0 Å². The van der Waals surface area contributed by atoms with Gasteiger partial charge in [0.25, 0.3) is 0 Å². The van der Waals surface area contributed by atoms with Crippen molar-refractivity contribution >= 4 is 63.1 Å². The lowest BCUT2D eigenvalue weighted by molar-refractivity contribution is -0.134. The van der Waals surface area contributed by atoms with Crippen LogP contribution in [0.1, 0.15) is 18.1 Å². The second-order valence-corrected chi connectivity index (χ2v) is 7.90. The van der Waals surface area contributed by atoms with Crippen LogP contribution in [0.25, 0.3) is 6.08 Å². The predicted octanol–water partition coefficient (Wildman–Crippen LogP) is 4.05.